The Kier molecular flexibility index (Phi) is 4.37. The zero-order valence-corrected chi connectivity index (χ0v) is 14.9. The minimum absolute atomic E-state index is 0.132. The van der Waals surface area contributed by atoms with Gasteiger partial charge in [-0.2, -0.15) is 0 Å². The summed E-state index contributed by atoms with van der Waals surface area (Å²) < 4.78 is 18.9. The SMILES string of the molecule is C[C@H](Nc1cc(-c2cnoc2)ccn1)c1cc2cc(Cl)cc(F)c2[nH]c1=O. The van der Waals surface area contributed by atoms with Crippen LogP contribution in [0.2, 0.25) is 5.02 Å². The Morgan fingerprint density at radius 2 is 2.11 bits per heavy atom. The molecule has 3 heterocycles. The fraction of sp³-hybridized carbons (Fsp3) is 0.105. The number of nitrogens with one attached hydrogen (secondary N) is 2. The first kappa shape index (κ1) is 17.2. The topological polar surface area (TPSA) is 83.8 Å². The lowest BCUT2D eigenvalue weighted by molar-refractivity contribution is 0.420. The summed E-state index contributed by atoms with van der Waals surface area (Å²) in [6, 6.07) is 7.69. The van der Waals surface area contributed by atoms with Crippen molar-refractivity contribution in [2.45, 2.75) is 13.0 Å². The molecule has 0 saturated carbocycles. The molecular formula is C19H14ClFN4O2. The molecule has 1 atom stereocenters. The Morgan fingerprint density at radius 3 is 2.89 bits per heavy atom. The van der Waals surface area contributed by atoms with Gasteiger partial charge in [-0.05, 0) is 42.8 Å². The number of anilines is 1. The number of aromatic nitrogens is 3. The standard InChI is InChI=1S/C19H14ClFN4O2/c1-10(24-17-6-11(2-3-22-17)13-8-23-27-9-13)15-5-12-4-14(20)7-16(21)18(12)25-19(15)26/h2-10H,1H3,(H,22,24)(H,25,26)/t10-/m0/s1. The number of nitrogens with zero attached hydrogens (tertiary/aromatic N) is 2. The van der Waals surface area contributed by atoms with Crippen LogP contribution < -0.4 is 10.9 Å². The molecule has 0 aliphatic rings. The van der Waals surface area contributed by atoms with Crippen LogP contribution in [0.3, 0.4) is 0 Å². The maximum atomic E-state index is 14.0. The van der Waals surface area contributed by atoms with Crippen molar-refractivity contribution in [3.05, 3.63) is 75.7 Å². The molecule has 1 aromatic carbocycles. The Labute approximate surface area is 158 Å². The molecule has 0 aliphatic heterocycles. The van der Waals surface area contributed by atoms with Gasteiger partial charge >= 0.3 is 0 Å². The molecule has 0 bridgehead atoms. The Bertz CT molecular complexity index is 1170. The smallest absolute Gasteiger partial charge is 0.253 e. The lowest BCUT2D eigenvalue weighted by atomic mass is 10.1. The predicted molar refractivity (Wildman–Crippen MR) is 101 cm³/mol. The van der Waals surface area contributed by atoms with E-state index >= 15 is 0 Å². The number of halogens is 2. The van der Waals surface area contributed by atoms with Gasteiger partial charge in [-0.25, -0.2) is 9.37 Å². The van der Waals surface area contributed by atoms with Gasteiger partial charge < -0.3 is 14.8 Å². The van der Waals surface area contributed by atoms with Crippen LogP contribution in [0.1, 0.15) is 18.5 Å². The summed E-state index contributed by atoms with van der Waals surface area (Å²) in [7, 11) is 0. The molecule has 4 rings (SSSR count). The zero-order chi connectivity index (χ0) is 19.0. The number of aromatic amines is 1. The van der Waals surface area contributed by atoms with Crippen molar-refractivity contribution in [3.63, 3.8) is 0 Å². The van der Waals surface area contributed by atoms with Gasteiger partial charge in [0, 0.05) is 27.7 Å². The van der Waals surface area contributed by atoms with E-state index in [-0.39, 0.29) is 22.1 Å². The van der Waals surface area contributed by atoms with Crippen molar-refractivity contribution < 1.29 is 8.91 Å². The summed E-state index contributed by atoms with van der Waals surface area (Å²) in [5, 5.41) is 7.66. The molecule has 0 radical (unpaired) electrons. The summed E-state index contributed by atoms with van der Waals surface area (Å²) >= 11 is 5.92. The normalized spacial score (nSPS) is 12.3. The molecule has 3 aromatic heterocycles. The molecule has 27 heavy (non-hydrogen) atoms. The molecular weight excluding hydrogens is 371 g/mol. The van der Waals surface area contributed by atoms with Gasteiger partial charge in [-0.3, -0.25) is 4.79 Å². The average molecular weight is 385 g/mol. The minimum Gasteiger partial charge on any atom is -0.364 e. The molecule has 0 amide bonds. The Hall–Kier alpha value is -3.19. The van der Waals surface area contributed by atoms with E-state index in [9.17, 15) is 9.18 Å². The molecule has 0 aliphatic carbocycles. The van der Waals surface area contributed by atoms with Gasteiger partial charge in [-0.15, -0.1) is 0 Å². The quantitative estimate of drug-likeness (QED) is 0.539. The molecule has 0 fully saturated rings. The molecule has 2 N–H and O–H groups in total. The second-order valence-electron chi connectivity index (χ2n) is 6.11. The number of hydrogen-bond acceptors (Lipinski definition) is 5. The highest BCUT2D eigenvalue weighted by atomic mass is 35.5. The van der Waals surface area contributed by atoms with Gasteiger partial charge in [0.15, 0.2) is 0 Å². The number of benzene rings is 1. The Balaban J connectivity index is 1.67. The third-order valence-corrected chi connectivity index (χ3v) is 4.47. The zero-order valence-electron chi connectivity index (χ0n) is 14.2. The van der Waals surface area contributed by atoms with Crippen molar-refractivity contribution in [2.24, 2.45) is 0 Å². The fourth-order valence-corrected chi connectivity index (χ4v) is 3.13. The van der Waals surface area contributed by atoms with Crippen molar-refractivity contribution in [2.75, 3.05) is 5.32 Å². The lowest BCUT2D eigenvalue weighted by Crippen LogP contribution is -2.20. The van der Waals surface area contributed by atoms with Crippen LogP contribution in [0.15, 0.2) is 58.3 Å². The van der Waals surface area contributed by atoms with Crippen LogP contribution in [0.5, 0.6) is 0 Å². The first-order valence-corrected chi connectivity index (χ1v) is 8.53. The summed E-state index contributed by atoms with van der Waals surface area (Å²) in [5.41, 5.74) is 1.90. The second kappa shape index (κ2) is 6.85. The first-order valence-electron chi connectivity index (χ1n) is 8.15. The highest BCUT2D eigenvalue weighted by Gasteiger charge is 2.14. The highest BCUT2D eigenvalue weighted by Crippen LogP contribution is 2.25. The van der Waals surface area contributed by atoms with Gasteiger partial charge in [0.25, 0.3) is 5.56 Å². The number of pyridine rings is 2. The van der Waals surface area contributed by atoms with E-state index in [2.05, 4.69) is 20.4 Å². The van der Waals surface area contributed by atoms with E-state index in [0.29, 0.717) is 16.8 Å². The summed E-state index contributed by atoms with van der Waals surface area (Å²) in [6.07, 6.45) is 4.79. The monoisotopic (exact) mass is 384 g/mol. The summed E-state index contributed by atoms with van der Waals surface area (Å²) in [5.74, 6) is 0.0165. The third kappa shape index (κ3) is 3.41. The van der Waals surface area contributed by atoms with Gasteiger partial charge in [-0.1, -0.05) is 16.8 Å². The maximum absolute atomic E-state index is 14.0. The molecule has 6 nitrogen and oxygen atoms in total. The van der Waals surface area contributed by atoms with Crippen LogP contribution in [0.25, 0.3) is 22.0 Å². The van der Waals surface area contributed by atoms with Crippen molar-refractivity contribution >= 4 is 28.3 Å². The number of hydrogen-bond donors (Lipinski definition) is 2. The first-order chi connectivity index (χ1) is 13.0. The van der Waals surface area contributed by atoms with Crippen LogP contribution in [0.4, 0.5) is 10.2 Å². The lowest BCUT2D eigenvalue weighted by Gasteiger charge is -2.15. The van der Waals surface area contributed by atoms with E-state index in [1.165, 1.54) is 12.3 Å². The van der Waals surface area contributed by atoms with E-state index in [4.69, 9.17) is 16.1 Å². The number of H-pyrrole nitrogens is 1. The largest absolute Gasteiger partial charge is 0.364 e. The van der Waals surface area contributed by atoms with E-state index in [1.54, 1.807) is 24.5 Å². The van der Waals surface area contributed by atoms with Gasteiger partial charge in [0.2, 0.25) is 0 Å². The number of rotatable bonds is 4. The minimum atomic E-state index is -0.565. The molecule has 0 spiro atoms. The summed E-state index contributed by atoms with van der Waals surface area (Å²) in [6.45, 7) is 1.82. The Morgan fingerprint density at radius 1 is 1.26 bits per heavy atom. The van der Waals surface area contributed by atoms with Crippen LogP contribution in [-0.4, -0.2) is 15.1 Å². The third-order valence-electron chi connectivity index (χ3n) is 4.25. The molecule has 0 unspecified atom stereocenters. The van der Waals surface area contributed by atoms with E-state index in [0.717, 1.165) is 11.1 Å². The molecule has 0 saturated heterocycles. The molecule has 8 heteroatoms. The number of fused-ring (bicyclic) bond motifs is 1. The van der Waals surface area contributed by atoms with Crippen molar-refractivity contribution in [1.82, 2.24) is 15.1 Å². The van der Waals surface area contributed by atoms with Crippen LogP contribution in [0, 0.1) is 5.82 Å². The van der Waals surface area contributed by atoms with Gasteiger partial charge in [0.05, 0.1) is 17.8 Å². The van der Waals surface area contributed by atoms with E-state index < -0.39 is 5.82 Å². The maximum Gasteiger partial charge on any atom is 0.253 e. The van der Waals surface area contributed by atoms with Crippen LogP contribution >= 0.6 is 11.6 Å². The van der Waals surface area contributed by atoms with Crippen molar-refractivity contribution in [1.29, 1.82) is 0 Å². The van der Waals surface area contributed by atoms with E-state index in [1.807, 2.05) is 19.1 Å². The molecule has 4 aromatic rings. The average Bonchev–Trinajstić information content (AvgIpc) is 3.17. The predicted octanol–water partition coefficient (Wildman–Crippen LogP) is 4.54. The second-order valence-corrected chi connectivity index (χ2v) is 6.55. The van der Waals surface area contributed by atoms with Crippen LogP contribution in [-0.2, 0) is 0 Å². The van der Waals surface area contributed by atoms with Crippen molar-refractivity contribution in [3.8, 4) is 11.1 Å². The fourth-order valence-electron chi connectivity index (χ4n) is 2.92. The summed E-state index contributed by atoms with van der Waals surface area (Å²) in [4.78, 5) is 19.3. The molecule has 136 valence electrons. The van der Waals surface area contributed by atoms with Gasteiger partial charge in [0.1, 0.15) is 17.9 Å². The highest BCUT2D eigenvalue weighted by molar-refractivity contribution is 6.31.